The van der Waals surface area contributed by atoms with E-state index in [1.807, 2.05) is 0 Å². The first-order valence-electron chi connectivity index (χ1n) is 10.1. The number of hydrogen-bond acceptors (Lipinski definition) is 4. The lowest BCUT2D eigenvalue weighted by molar-refractivity contribution is -0.122. The standard InChI is InChI=1S/C19H35N3OS/c23-18(5-4-17-6-10-20-11-7-17)21-16-19(8-2-1-3-9-19)22-12-14-24-15-13-22/h17,20H,1-16H2,(H,21,23). The second kappa shape index (κ2) is 9.44. The van der Waals surface area contributed by atoms with Crippen LogP contribution < -0.4 is 10.6 Å². The van der Waals surface area contributed by atoms with Crippen molar-refractivity contribution in [3.05, 3.63) is 0 Å². The van der Waals surface area contributed by atoms with Crippen LogP contribution in [0, 0.1) is 5.92 Å². The second-order valence-corrected chi connectivity index (χ2v) is 9.12. The Morgan fingerprint density at radius 3 is 2.54 bits per heavy atom. The first-order valence-corrected chi connectivity index (χ1v) is 11.2. The summed E-state index contributed by atoms with van der Waals surface area (Å²) in [6.07, 6.45) is 10.8. The van der Waals surface area contributed by atoms with Gasteiger partial charge < -0.3 is 10.6 Å². The molecule has 1 aliphatic carbocycles. The molecular formula is C19H35N3OS. The maximum absolute atomic E-state index is 12.4. The number of hydrogen-bond donors (Lipinski definition) is 2. The molecule has 1 amide bonds. The van der Waals surface area contributed by atoms with E-state index >= 15 is 0 Å². The van der Waals surface area contributed by atoms with E-state index in [0.29, 0.717) is 0 Å². The van der Waals surface area contributed by atoms with Crippen LogP contribution in [0.4, 0.5) is 0 Å². The molecule has 0 aromatic rings. The first kappa shape index (κ1) is 18.5. The Balaban J connectivity index is 1.46. The number of nitrogens with zero attached hydrogens (tertiary/aromatic N) is 1. The highest BCUT2D eigenvalue weighted by Gasteiger charge is 2.38. The molecule has 3 rings (SSSR count). The van der Waals surface area contributed by atoms with Gasteiger partial charge in [-0.05, 0) is 51.1 Å². The second-order valence-electron chi connectivity index (χ2n) is 7.89. The van der Waals surface area contributed by atoms with Crippen LogP contribution in [0.2, 0.25) is 0 Å². The smallest absolute Gasteiger partial charge is 0.220 e. The third-order valence-electron chi connectivity index (χ3n) is 6.32. The summed E-state index contributed by atoms with van der Waals surface area (Å²) in [6.45, 7) is 5.54. The van der Waals surface area contributed by atoms with Gasteiger partial charge in [0.25, 0.3) is 0 Å². The fourth-order valence-electron chi connectivity index (χ4n) is 4.71. The lowest BCUT2D eigenvalue weighted by Crippen LogP contribution is -2.58. The molecule has 138 valence electrons. The largest absolute Gasteiger partial charge is 0.354 e. The number of amides is 1. The number of piperidine rings is 1. The van der Waals surface area contributed by atoms with Crippen molar-refractivity contribution in [1.29, 1.82) is 0 Å². The average molecular weight is 354 g/mol. The molecule has 0 bridgehead atoms. The van der Waals surface area contributed by atoms with Crippen LogP contribution >= 0.6 is 11.8 Å². The van der Waals surface area contributed by atoms with Crippen molar-refractivity contribution < 1.29 is 4.79 Å². The normalized spacial score (nSPS) is 26.2. The fraction of sp³-hybridized carbons (Fsp3) is 0.947. The molecule has 1 saturated carbocycles. The van der Waals surface area contributed by atoms with Crippen LogP contribution in [0.1, 0.15) is 57.8 Å². The number of carbonyl (C=O) groups is 1. The van der Waals surface area contributed by atoms with Gasteiger partial charge in [-0.15, -0.1) is 0 Å². The van der Waals surface area contributed by atoms with E-state index in [0.717, 1.165) is 38.4 Å². The van der Waals surface area contributed by atoms with E-state index in [9.17, 15) is 4.79 Å². The predicted octanol–water partition coefficient (Wildman–Crippen LogP) is 2.63. The SMILES string of the molecule is O=C(CCC1CCNCC1)NCC1(N2CCSCC2)CCCCC1. The van der Waals surface area contributed by atoms with Crippen LogP contribution in [0.3, 0.4) is 0 Å². The van der Waals surface area contributed by atoms with Crippen molar-refractivity contribution in [3.8, 4) is 0 Å². The van der Waals surface area contributed by atoms with Gasteiger partial charge >= 0.3 is 0 Å². The van der Waals surface area contributed by atoms with Crippen LogP contribution in [0.15, 0.2) is 0 Å². The Labute approximate surface area is 151 Å². The number of rotatable bonds is 6. The molecule has 24 heavy (non-hydrogen) atoms. The molecule has 2 heterocycles. The Morgan fingerprint density at radius 2 is 1.83 bits per heavy atom. The summed E-state index contributed by atoms with van der Waals surface area (Å²) in [5.74, 6) is 3.54. The van der Waals surface area contributed by atoms with Gasteiger partial charge in [-0.1, -0.05) is 19.3 Å². The molecule has 2 N–H and O–H groups in total. The van der Waals surface area contributed by atoms with E-state index < -0.39 is 0 Å². The number of nitrogens with one attached hydrogen (secondary N) is 2. The summed E-state index contributed by atoms with van der Waals surface area (Å²) in [5, 5.41) is 6.73. The third-order valence-corrected chi connectivity index (χ3v) is 7.26. The molecule has 3 fully saturated rings. The zero-order valence-corrected chi connectivity index (χ0v) is 16.0. The van der Waals surface area contributed by atoms with Gasteiger partial charge in [0.05, 0.1) is 0 Å². The Hall–Kier alpha value is -0.260. The number of carbonyl (C=O) groups excluding carboxylic acids is 1. The maximum atomic E-state index is 12.4. The van der Waals surface area contributed by atoms with E-state index in [4.69, 9.17) is 0 Å². The van der Waals surface area contributed by atoms with Crippen LogP contribution in [0.5, 0.6) is 0 Å². The minimum absolute atomic E-state index is 0.254. The van der Waals surface area contributed by atoms with Gasteiger partial charge in [0.1, 0.15) is 0 Å². The van der Waals surface area contributed by atoms with Crippen molar-refractivity contribution in [2.24, 2.45) is 5.92 Å². The van der Waals surface area contributed by atoms with Crippen molar-refractivity contribution in [1.82, 2.24) is 15.5 Å². The molecule has 0 unspecified atom stereocenters. The van der Waals surface area contributed by atoms with E-state index in [2.05, 4.69) is 27.3 Å². The highest BCUT2D eigenvalue weighted by atomic mass is 32.2. The topological polar surface area (TPSA) is 44.4 Å². The Morgan fingerprint density at radius 1 is 1.12 bits per heavy atom. The highest BCUT2D eigenvalue weighted by molar-refractivity contribution is 7.99. The van der Waals surface area contributed by atoms with Gasteiger partial charge in [-0.3, -0.25) is 9.69 Å². The van der Waals surface area contributed by atoms with Gasteiger partial charge in [-0.2, -0.15) is 11.8 Å². The van der Waals surface area contributed by atoms with Gasteiger partial charge in [-0.25, -0.2) is 0 Å². The Kier molecular flexibility index (Phi) is 7.29. The third kappa shape index (κ3) is 5.12. The lowest BCUT2D eigenvalue weighted by atomic mass is 9.80. The Bertz CT molecular complexity index is 386. The summed E-state index contributed by atoms with van der Waals surface area (Å²) in [7, 11) is 0. The summed E-state index contributed by atoms with van der Waals surface area (Å²) in [4.78, 5) is 15.1. The molecule has 3 aliphatic rings. The van der Waals surface area contributed by atoms with E-state index in [1.165, 1.54) is 69.5 Å². The molecule has 2 aliphatic heterocycles. The quantitative estimate of drug-likeness (QED) is 0.770. The zero-order chi connectivity index (χ0) is 16.7. The van der Waals surface area contributed by atoms with Crippen LogP contribution in [0.25, 0.3) is 0 Å². The molecule has 4 nitrogen and oxygen atoms in total. The van der Waals surface area contributed by atoms with Crippen molar-refractivity contribution in [3.63, 3.8) is 0 Å². The van der Waals surface area contributed by atoms with Crippen molar-refractivity contribution in [2.75, 3.05) is 44.2 Å². The lowest BCUT2D eigenvalue weighted by Gasteiger charge is -2.48. The van der Waals surface area contributed by atoms with Crippen molar-refractivity contribution >= 4 is 17.7 Å². The van der Waals surface area contributed by atoms with Crippen molar-refractivity contribution in [2.45, 2.75) is 63.3 Å². The average Bonchev–Trinajstić information content (AvgIpc) is 2.67. The minimum atomic E-state index is 0.254. The molecule has 2 saturated heterocycles. The van der Waals surface area contributed by atoms with Gasteiger partial charge in [0, 0.05) is 43.1 Å². The summed E-state index contributed by atoms with van der Waals surface area (Å²) in [6, 6.07) is 0. The molecule has 5 heteroatoms. The summed E-state index contributed by atoms with van der Waals surface area (Å²) < 4.78 is 0. The monoisotopic (exact) mass is 353 g/mol. The van der Waals surface area contributed by atoms with E-state index in [-0.39, 0.29) is 11.4 Å². The van der Waals surface area contributed by atoms with Crippen LogP contribution in [-0.4, -0.2) is 60.6 Å². The minimum Gasteiger partial charge on any atom is -0.354 e. The fourth-order valence-corrected chi connectivity index (χ4v) is 5.61. The molecular weight excluding hydrogens is 318 g/mol. The first-order chi connectivity index (χ1) is 11.8. The molecule has 0 atom stereocenters. The molecule has 0 aromatic heterocycles. The predicted molar refractivity (Wildman–Crippen MR) is 103 cm³/mol. The number of thioether (sulfide) groups is 1. The van der Waals surface area contributed by atoms with Gasteiger partial charge in [0.15, 0.2) is 0 Å². The summed E-state index contributed by atoms with van der Waals surface area (Å²) >= 11 is 2.08. The molecule has 0 aromatic carbocycles. The molecule has 0 spiro atoms. The van der Waals surface area contributed by atoms with Crippen LogP contribution in [-0.2, 0) is 4.79 Å². The summed E-state index contributed by atoms with van der Waals surface area (Å²) in [5.41, 5.74) is 0.254. The zero-order valence-electron chi connectivity index (χ0n) is 15.2. The maximum Gasteiger partial charge on any atom is 0.220 e. The van der Waals surface area contributed by atoms with E-state index in [1.54, 1.807) is 0 Å². The van der Waals surface area contributed by atoms with Gasteiger partial charge in [0.2, 0.25) is 5.91 Å². The highest BCUT2D eigenvalue weighted by Crippen LogP contribution is 2.34. The molecule has 0 radical (unpaired) electrons.